The van der Waals surface area contributed by atoms with Gasteiger partial charge in [0.25, 0.3) is 0 Å². The molecule has 3 rings (SSSR count). The summed E-state index contributed by atoms with van der Waals surface area (Å²) in [5.41, 5.74) is 2.07. The summed E-state index contributed by atoms with van der Waals surface area (Å²) in [5, 5.41) is 3.36. The molecule has 0 radical (unpaired) electrons. The third-order valence-corrected chi connectivity index (χ3v) is 3.98. The molecule has 5 nitrogen and oxygen atoms in total. The minimum absolute atomic E-state index is 0.161. The Hall–Kier alpha value is -3.08. The van der Waals surface area contributed by atoms with Crippen LogP contribution in [0.4, 0.5) is 23.0 Å². The Bertz CT molecular complexity index is 863. The molecule has 0 bridgehead atoms. The lowest BCUT2D eigenvalue weighted by Crippen LogP contribution is -2.18. The number of rotatable bonds is 7. The van der Waals surface area contributed by atoms with Crippen molar-refractivity contribution in [2.75, 3.05) is 16.8 Å². The van der Waals surface area contributed by atoms with Crippen LogP contribution in [-0.2, 0) is 0 Å². The van der Waals surface area contributed by atoms with Crippen molar-refractivity contribution < 1.29 is 4.74 Å². The minimum atomic E-state index is 0.161. The van der Waals surface area contributed by atoms with Gasteiger partial charge in [-0.2, -0.15) is 0 Å². The van der Waals surface area contributed by atoms with E-state index in [2.05, 4.69) is 39.2 Å². The fourth-order valence-electron chi connectivity index (χ4n) is 2.88. The molecule has 0 aliphatic carbocycles. The van der Waals surface area contributed by atoms with E-state index in [0.29, 0.717) is 0 Å². The van der Waals surface area contributed by atoms with Gasteiger partial charge in [0.1, 0.15) is 23.2 Å². The van der Waals surface area contributed by atoms with Crippen LogP contribution in [0.2, 0.25) is 0 Å². The lowest BCUT2D eigenvalue weighted by atomic mass is 10.2. The smallest absolute Gasteiger partial charge is 0.138 e. The Labute approximate surface area is 161 Å². The highest BCUT2D eigenvalue weighted by atomic mass is 16.5. The molecule has 0 amide bonds. The topological polar surface area (TPSA) is 50.3 Å². The summed E-state index contributed by atoms with van der Waals surface area (Å²) in [5.74, 6) is 3.23. The minimum Gasteiger partial charge on any atom is -0.491 e. The first-order chi connectivity index (χ1) is 13.0. The SMILES string of the molecule is CCN(c1ccccc1)c1cc(Nc2ccc(OC(C)C)cc2)nc(C)n1. The highest BCUT2D eigenvalue weighted by Gasteiger charge is 2.11. The first kappa shape index (κ1) is 18.7. The molecule has 0 aliphatic rings. The monoisotopic (exact) mass is 362 g/mol. The van der Waals surface area contributed by atoms with Crippen molar-refractivity contribution in [1.82, 2.24) is 9.97 Å². The number of para-hydroxylation sites is 1. The Morgan fingerprint density at radius 3 is 2.33 bits per heavy atom. The van der Waals surface area contributed by atoms with E-state index >= 15 is 0 Å². The Morgan fingerprint density at radius 2 is 1.70 bits per heavy atom. The quantitative estimate of drug-likeness (QED) is 0.603. The number of hydrogen-bond acceptors (Lipinski definition) is 5. The number of ether oxygens (including phenoxy) is 1. The molecule has 140 valence electrons. The summed E-state index contributed by atoms with van der Waals surface area (Å²) in [7, 11) is 0. The highest BCUT2D eigenvalue weighted by molar-refractivity contribution is 5.65. The van der Waals surface area contributed by atoms with Crippen LogP contribution in [0.25, 0.3) is 0 Å². The molecule has 0 saturated carbocycles. The van der Waals surface area contributed by atoms with Crippen molar-refractivity contribution in [3.63, 3.8) is 0 Å². The van der Waals surface area contributed by atoms with E-state index in [1.165, 1.54) is 0 Å². The molecule has 1 N–H and O–H groups in total. The number of benzene rings is 2. The van der Waals surface area contributed by atoms with Crippen LogP contribution in [-0.4, -0.2) is 22.6 Å². The lowest BCUT2D eigenvalue weighted by molar-refractivity contribution is 0.242. The summed E-state index contributed by atoms with van der Waals surface area (Å²) in [6.45, 7) is 8.88. The molecule has 0 fully saturated rings. The van der Waals surface area contributed by atoms with E-state index in [1.807, 2.05) is 69.3 Å². The second kappa shape index (κ2) is 8.54. The summed E-state index contributed by atoms with van der Waals surface area (Å²) in [6, 6.07) is 20.1. The zero-order valence-corrected chi connectivity index (χ0v) is 16.3. The van der Waals surface area contributed by atoms with E-state index < -0.39 is 0 Å². The van der Waals surface area contributed by atoms with Gasteiger partial charge in [0.15, 0.2) is 0 Å². The zero-order valence-electron chi connectivity index (χ0n) is 16.3. The first-order valence-electron chi connectivity index (χ1n) is 9.27. The van der Waals surface area contributed by atoms with Crippen LogP contribution >= 0.6 is 0 Å². The molecule has 0 atom stereocenters. The average molecular weight is 362 g/mol. The van der Waals surface area contributed by atoms with Crippen LogP contribution in [0.1, 0.15) is 26.6 Å². The predicted octanol–water partition coefficient (Wildman–Crippen LogP) is 5.47. The molecule has 0 aliphatic heterocycles. The second-order valence-electron chi connectivity index (χ2n) is 6.55. The van der Waals surface area contributed by atoms with Gasteiger partial charge in [0.2, 0.25) is 0 Å². The van der Waals surface area contributed by atoms with Crippen LogP contribution < -0.4 is 15.0 Å². The van der Waals surface area contributed by atoms with Gasteiger partial charge in [-0.25, -0.2) is 9.97 Å². The Kier molecular flexibility index (Phi) is 5.91. The van der Waals surface area contributed by atoms with Gasteiger partial charge in [-0.1, -0.05) is 18.2 Å². The molecule has 1 heterocycles. The molecule has 3 aromatic rings. The van der Waals surface area contributed by atoms with Crippen LogP contribution in [0.15, 0.2) is 60.7 Å². The predicted molar refractivity (Wildman–Crippen MR) is 111 cm³/mol. The standard InChI is InChI=1S/C22H26N4O/c1-5-26(19-9-7-6-8-10-19)22-15-21(23-17(4)24-22)25-18-11-13-20(14-12-18)27-16(2)3/h6-16H,5H2,1-4H3,(H,23,24,25). The van der Waals surface area contributed by atoms with Gasteiger partial charge in [-0.3, -0.25) is 0 Å². The molecule has 0 unspecified atom stereocenters. The molecule has 27 heavy (non-hydrogen) atoms. The number of anilines is 4. The van der Waals surface area contributed by atoms with Crippen LogP contribution in [0.3, 0.4) is 0 Å². The molecule has 5 heteroatoms. The highest BCUT2D eigenvalue weighted by Crippen LogP contribution is 2.26. The fourth-order valence-corrected chi connectivity index (χ4v) is 2.88. The molecular weight excluding hydrogens is 336 g/mol. The van der Waals surface area contributed by atoms with Crippen molar-refractivity contribution in [2.45, 2.75) is 33.8 Å². The van der Waals surface area contributed by atoms with Gasteiger partial charge >= 0.3 is 0 Å². The molecular formula is C22H26N4O. The Morgan fingerprint density at radius 1 is 1.00 bits per heavy atom. The second-order valence-corrected chi connectivity index (χ2v) is 6.55. The van der Waals surface area contributed by atoms with Crippen molar-refractivity contribution in [2.24, 2.45) is 0 Å². The van der Waals surface area contributed by atoms with Crippen molar-refractivity contribution in [3.05, 3.63) is 66.5 Å². The van der Waals surface area contributed by atoms with Gasteiger partial charge < -0.3 is 15.0 Å². The van der Waals surface area contributed by atoms with Crippen molar-refractivity contribution in [1.29, 1.82) is 0 Å². The number of aryl methyl sites for hydroxylation is 1. The van der Waals surface area contributed by atoms with E-state index in [9.17, 15) is 0 Å². The maximum absolute atomic E-state index is 5.69. The van der Waals surface area contributed by atoms with Crippen molar-refractivity contribution >= 4 is 23.0 Å². The maximum Gasteiger partial charge on any atom is 0.138 e. The maximum atomic E-state index is 5.69. The van der Waals surface area contributed by atoms with Gasteiger partial charge in [-0.15, -0.1) is 0 Å². The largest absolute Gasteiger partial charge is 0.491 e. The molecule has 1 aromatic heterocycles. The van der Waals surface area contributed by atoms with Gasteiger partial charge in [0.05, 0.1) is 6.10 Å². The number of aromatic nitrogens is 2. The van der Waals surface area contributed by atoms with E-state index in [0.717, 1.165) is 41.1 Å². The molecule has 0 saturated heterocycles. The van der Waals surface area contributed by atoms with Gasteiger partial charge in [-0.05, 0) is 64.1 Å². The van der Waals surface area contributed by atoms with Gasteiger partial charge in [0, 0.05) is 24.0 Å². The number of nitrogens with zero attached hydrogens (tertiary/aromatic N) is 3. The third kappa shape index (κ3) is 4.97. The number of hydrogen-bond donors (Lipinski definition) is 1. The lowest BCUT2D eigenvalue weighted by Gasteiger charge is -2.23. The van der Waals surface area contributed by atoms with Crippen molar-refractivity contribution in [3.8, 4) is 5.75 Å². The van der Waals surface area contributed by atoms with E-state index in [4.69, 9.17) is 4.74 Å². The van der Waals surface area contributed by atoms with E-state index in [1.54, 1.807) is 0 Å². The first-order valence-corrected chi connectivity index (χ1v) is 9.27. The molecule has 2 aromatic carbocycles. The van der Waals surface area contributed by atoms with Crippen LogP contribution in [0.5, 0.6) is 5.75 Å². The molecule has 0 spiro atoms. The fraction of sp³-hybridized carbons (Fsp3) is 0.273. The average Bonchev–Trinajstić information content (AvgIpc) is 2.64. The zero-order chi connectivity index (χ0) is 19.2. The van der Waals surface area contributed by atoms with E-state index in [-0.39, 0.29) is 6.10 Å². The third-order valence-electron chi connectivity index (χ3n) is 3.98. The normalized spacial score (nSPS) is 10.7. The summed E-state index contributed by atoms with van der Waals surface area (Å²) in [6.07, 6.45) is 0.161. The number of nitrogens with one attached hydrogen (secondary N) is 1. The summed E-state index contributed by atoms with van der Waals surface area (Å²) < 4.78 is 5.69. The Balaban J connectivity index is 1.83. The summed E-state index contributed by atoms with van der Waals surface area (Å²) >= 11 is 0. The van der Waals surface area contributed by atoms with Crippen LogP contribution in [0, 0.1) is 6.92 Å². The summed E-state index contributed by atoms with van der Waals surface area (Å²) in [4.78, 5) is 11.3.